The van der Waals surface area contributed by atoms with Crippen molar-refractivity contribution in [3.05, 3.63) is 267 Å². The molecule has 328 valence electrons. The van der Waals surface area contributed by atoms with E-state index in [1.807, 2.05) is 109 Å². The summed E-state index contributed by atoms with van der Waals surface area (Å²) in [5, 5.41) is 5.01. The molecule has 0 bridgehead atoms. The summed E-state index contributed by atoms with van der Waals surface area (Å²) in [6.45, 7) is 0. The topological polar surface area (TPSA) is 9.86 Å². The highest BCUT2D eigenvalue weighted by Gasteiger charge is 2.41. The Hall–Kier alpha value is -8.54. The zero-order chi connectivity index (χ0) is 61.0. The fourth-order valence-electron chi connectivity index (χ4n) is 10.3. The second kappa shape index (κ2) is 16.3. The van der Waals surface area contributed by atoms with E-state index in [1.165, 1.54) is 9.13 Å². The monoisotopic (exact) mass is 941 g/mol. The van der Waals surface area contributed by atoms with E-state index in [0.717, 1.165) is 47.0 Å². The summed E-state index contributed by atoms with van der Waals surface area (Å²) in [6.07, 6.45) is 0. The third kappa shape index (κ3) is 6.24. The van der Waals surface area contributed by atoms with Crippen molar-refractivity contribution in [1.82, 2.24) is 9.13 Å². The van der Waals surface area contributed by atoms with Gasteiger partial charge in [0.25, 0.3) is 0 Å². The van der Waals surface area contributed by atoms with Gasteiger partial charge in [0, 0.05) is 53.1 Å². The smallest absolute Gasteiger partial charge is 0.179 e. The van der Waals surface area contributed by atoms with Crippen molar-refractivity contribution in [2.45, 2.75) is 0 Å². The molecule has 0 N–H and O–H groups in total. The van der Waals surface area contributed by atoms with Crippen molar-refractivity contribution in [3.8, 4) is 33.6 Å². The molecule has 0 unspecified atom stereocenters. The van der Waals surface area contributed by atoms with Crippen LogP contribution < -0.4 is 20.7 Å². The fraction of sp³-hybridized carbons (Fsp3) is 0. The van der Waals surface area contributed by atoms with Gasteiger partial charge in [-0.15, -0.1) is 11.3 Å². The molecule has 3 heterocycles. The molecule has 0 spiro atoms. The number of benzene rings is 11. The minimum atomic E-state index is -3.28. The van der Waals surface area contributed by atoms with Crippen molar-refractivity contribution in [3.63, 3.8) is 0 Å². The van der Waals surface area contributed by atoms with Crippen molar-refractivity contribution in [1.29, 1.82) is 0 Å². The highest BCUT2D eigenvalue weighted by Crippen LogP contribution is 2.42. The lowest BCUT2D eigenvalue weighted by Crippen LogP contribution is -2.74. The Bertz CT molecular complexity index is 5220. The largest absolute Gasteiger partial charge is 0.309 e. The summed E-state index contributed by atoms with van der Waals surface area (Å²) in [6, 6.07) is 42.0. The third-order valence-corrected chi connectivity index (χ3v) is 19.3. The van der Waals surface area contributed by atoms with E-state index in [4.69, 9.17) is 8.22 Å². The maximum absolute atomic E-state index is 10.3. The summed E-state index contributed by atoms with van der Waals surface area (Å²) in [7, 11) is -3.28. The summed E-state index contributed by atoms with van der Waals surface area (Å²) >= 11 is 1.56. The van der Waals surface area contributed by atoms with Crippen LogP contribution in [0, 0.1) is 0 Å². The Labute approximate surface area is 435 Å². The van der Waals surface area contributed by atoms with Crippen LogP contribution in [0.3, 0.4) is 0 Å². The van der Waals surface area contributed by atoms with E-state index < -0.39 is 127 Å². The Balaban J connectivity index is 1.07. The van der Waals surface area contributed by atoms with Crippen molar-refractivity contribution < 1.29 is 23.3 Å². The first kappa shape index (κ1) is 26.9. The van der Waals surface area contributed by atoms with E-state index in [-0.39, 0.29) is 49.2 Å². The van der Waals surface area contributed by atoms with Gasteiger partial charge in [-0.05, 0) is 116 Å². The zero-order valence-corrected chi connectivity index (χ0v) is 38.7. The Morgan fingerprint density at radius 2 is 0.829 bits per heavy atom. The molecule has 0 saturated carbocycles. The number of hydrogen-bond donors (Lipinski definition) is 0. The number of fused-ring (bicyclic) bond motifs is 9. The quantitative estimate of drug-likeness (QED) is 0.106. The molecule has 0 aliphatic carbocycles. The number of hydrogen-bond acceptors (Lipinski definition) is 1. The second-order valence-electron chi connectivity index (χ2n) is 17.1. The Morgan fingerprint density at radius 3 is 1.46 bits per heavy atom. The predicted octanol–water partition coefficient (Wildman–Crippen LogP) is 15.0. The van der Waals surface area contributed by atoms with Gasteiger partial charge in [-0.1, -0.05) is 194 Å². The Morgan fingerprint density at radius 1 is 0.329 bits per heavy atom. The van der Waals surface area contributed by atoms with Crippen molar-refractivity contribution in [2.24, 2.45) is 0 Å². The van der Waals surface area contributed by atoms with Gasteiger partial charge in [-0.3, -0.25) is 0 Å². The molecule has 0 aliphatic heterocycles. The molecule has 0 radical (unpaired) electrons. The van der Waals surface area contributed by atoms with Gasteiger partial charge in [0.15, 0.2) is 8.07 Å². The van der Waals surface area contributed by atoms with Gasteiger partial charge in [0.05, 0.1) is 45.4 Å². The van der Waals surface area contributed by atoms with Crippen LogP contribution in [0.1, 0.15) is 23.3 Å². The number of rotatable bonds is 8. The number of thiophene rings is 1. The van der Waals surface area contributed by atoms with Crippen LogP contribution in [-0.4, -0.2) is 17.2 Å². The van der Waals surface area contributed by atoms with E-state index in [9.17, 15) is 15.1 Å². The van der Waals surface area contributed by atoms with Gasteiger partial charge in [0.1, 0.15) is 0 Å². The molecule has 11 aromatic carbocycles. The van der Waals surface area contributed by atoms with Crippen LogP contribution in [0.2, 0.25) is 0 Å². The van der Waals surface area contributed by atoms with E-state index in [0.29, 0.717) is 11.4 Å². The molecule has 70 heavy (non-hydrogen) atoms. The summed E-state index contributed by atoms with van der Waals surface area (Å²) < 4.78 is 167. The molecule has 3 aromatic heterocycles. The number of nitrogens with zero attached hydrogens (tertiary/aromatic N) is 2. The van der Waals surface area contributed by atoms with E-state index in [2.05, 4.69) is 36.4 Å². The molecule has 14 aromatic rings. The van der Waals surface area contributed by atoms with Crippen molar-refractivity contribution in [2.75, 3.05) is 0 Å². The van der Waals surface area contributed by atoms with E-state index in [1.54, 1.807) is 23.5 Å². The molecule has 0 atom stereocenters. The van der Waals surface area contributed by atoms with Gasteiger partial charge in [-0.25, -0.2) is 0 Å². The molecule has 4 heteroatoms. The highest BCUT2D eigenvalue weighted by atomic mass is 32.1. The SMILES string of the molecule is [2H]c1cc(-c2c([2H])c([2H])c3c(c2[2H])c2c([2H])c([2H])c([2H])c([2H])c2n3-c2ccc3sc4ccccc4c3c2)c(-c2c([2H])c([2H])c3c(c2[2H])c2c([2H])c([2H])c([2H])c([2H])c2n3-c2cccc([Si](c3ccccc3)(c3ccccc3)c3ccccc3)c2)c([2H])c1[2H]. The Kier molecular flexibility index (Phi) is 6.26. The lowest BCUT2D eigenvalue weighted by Gasteiger charge is -2.34. The van der Waals surface area contributed by atoms with E-state index >= 15 is 0 Å². The summed E-state index contributed by atoms with van der Waals surface area (Å²) in [4.78, 5) is 0. The first-order chi connectivity index (χ1) is 41.8. The van der Waals surface area contributed by atoms with Crippen molar-refractivity contribution >= 4 is 104 Å². The van der Waals surface area contributed by atoms with Gasteiger partial charge >= 0.3 is 0 Å². The first-order valence-electron chi connectivity index (χ1n) is 31.2. The van der Waals surface area contributed by atoms with Crippen LogP contribution >= 0.6 is 11.3 Å². The number of aromatic nitrogens is 2. The average molecular weight is 942 g/mol. The molecule has 0 amide bonds. The average Bonchev–Trinajstić information content (AvgIpc) is 1.65. The van der Waals surface area contributed by atoms with Crippen LogP contribution in [0.15, 0.2) is 267 Å². The van der Waals surface area contributed by atoms with Gasteiger partial charge < -0.3 is 9.13 Å². The number of para-hydroxylation sites is 2. The molecule has 0 aliphatic rings. The van der Waals surface area contributed by atoms with Crippen LogP contribution in [0.4, 0.5) is 0 Å². The zero-order valence-electron chi connectivity index (χ0n) is 53.9. The minimum absolute atomic E-state index is 0.0802. The van der Waals surface area contributed by atoms with Gasteiger partial charge in [-0.2, -0.15) is 0 Å². The minimum Gasteiger partial charge on any atom is -0.309 e. The molecule has 2 nitrogen and oxygen atoms in total. The standard InChI is InChI=1S/C66H44N2SSi/c1-4-20-49(21-5-1)70(50-22-6-2-7-23-50,51-24-8-3-9-25-51)52-26-18-19-47(43-52)67-61-32-15-12-29-55(61)58-41-45(35-38-63(58)67)53-27-10-11-28-54(53)46-36-39-64-59(42-46)56-30-13-16-33-62(56)68(64)48-37-40-66-60(44-48)57-31-14-17-34-65(57)69-66/h1-44H/i10D,11D,12D,13D,15D,16D,27D,29D,30D,32D,33D,35D,36D,38D,39D,41D,42D. The molecule has 0 fully saturated rings. The lowest BCUT2D eigenvalue weighted by molar-refractivity contribution is 1.18. The highest BCUT2D eigenvalue weighted by molar-refractivity contribution is 7.25. The summed E-state index contributed by atoms with van der Waals surface area (Å²) in [5.74, 6) is 0. The molecule has 0 saturated heterocycles. The molecular weight excluding hydrogens is 881 g/mol. The molecular formula is C66H44N2SSi. The van der Waals surface area contributed by atoms with Crippen LogP contribution in [0.25, 0.3) is 97.4 Å². The summed E-state index contributed by atoms with van der Waals surface area (Å²) in [5.41, 5.74) is -1.40. The fourth-order valence-corrected chi connectivity index (χ4v) is 16.2. The predicted molar refractivity (Wildman–Crippen MR) is 302 cm³/mol. The second-order valence-corrected chi connectivity index (χ2v) is 22.0. The molecule has 14 rings (SSSR count). The maximum atomic E-state index is 10.3. The van der Waals surface area contributed by atoms with Crippen LogP contribution in [-0.2, 0) is 0 Å². The van der Waals surface area contributed by atoms with Crippen LogP contribution in [0.5, 0.6) is 0 Å². The lowest BCUT2D eigenvalue weighted by atomic mass is 9.93. The first-order valence-corrected chi connectivity index (χ1v) is 25.5. The maximum Gasteiger partial charge on any atom is 0.179 e. The normalized spacial score (nSPS) is 15.4. The van der Waals surface area contributed by atoms with Gasteiger partial charge in [0.2, 0.25) is 0 Å². The third-order valence-electron chi connectivity index (χ3n) is 13.4.